The summed E-state index contributed by atoms with van der Waals surface area (Å²) in [4.78, 5) is 4.21. The minimum Gasteiger partial charge on any atom is -0.314 e. The summed E-state index contributed by atoms with van der Waals surface area (Å²) in [5.74, 6) is 2.72. The molecule has 2 rings (SSSR count). The summed E-state index contributed by atoms with van der Waals surface area (Å²) in [6.45, 7) is 5.64. The average Bonchev–Trinajstić information content (AvgIpc) is 2.54. The van der Waals surface area contributed by atoms with Crippen molar-refractivity contribution < 1.29 is 0 Å². The van der Waals surface area contributed by atoms with E-state index in [0.29, 0.717) is 0 Å². The Morgan fingerprint density at radius 3 is 2.81 bits per heavy atom. The van der Waals surface area contributed by atoms with E-state index in [-0.39, 0.29) is 0 Å². The van der Waals surface area contributed by atoms with Gasteiger partial charge in [-0.05, 0) is 24.7 Å². The van der Waals surface area contributed by atoms with Gasteiger partial charge in [0.05, 0.1) is 0 Å². The molecule has 0 spiro atoms. The fourth-order valence-electron chi connectivity index (χ4n) is 2.26. The molecule has 1 fully saturated rings. The molecule has 4 heteroatoms. The van der Waals surface area contributed by atoms with Crippen LogP contribution in [-0.2, 0) is 13.5 Å². The fourth-order valence-corrected chi connectivity index (χ4v) is 2.26. The van der Waals surface area contributed by atoms with Crippen LogP contribution in [0, 0.1) is 11.8 Å². The van der Waals surface area contributed by atoms with E-state index in [4.69, 9.17) is 0 Å². The molecular formula is C12H22N4. The number of hydrogen-bond acceptors (Lipinski definition) is 3. The number of aromatic nitrogens is 3. The zero-order valence-electron chi connectivity index (χ0n) is 10.5. The van der Waals surface area contributed by atoms with E-state index in [1.807, 2.05) is 7.05 Å². The normalized spacial score (nSPS) is 24.8. The van der Waals surface area contributed by atoms with E-state index < -0.39 is 0 Å². The van der Waals surface area contributed by atoms with Crippen LogP contribution in [-0.4, -0.2) is 27.4 Å². The Balaban J connectivity index is 1.60. The zero-order chi connectivity index (χ0) is 11.5. The summed E-state index contributed by atoms with van der Waals surface area (Å²) >= 11 is 0. The van der Waals surface area contributed by atoms with Gasteiger partial charge < -0.3 is 5.32 Å². The monoisotopic (exact) mass is 222 g/mol. The predicted molar refractivity (Wildman–Crippen MR) is 64.1 cm³/mol. The Kier molecular flexibility index (Phi) is 3.59. The molecule has 90 valence electrons. The topological polar surface area (TPSA) is 42.7 Å². The second-order valence-corrected chi connectivity index (χ2v) is 5.21. The molecule has 0 aliphatic heterocycles. The third kappa shape index (κ3) is 2.82. The Labute approximate surface area is 97.5 Å². The summed E-state index contributed by atoms with van der Waals surface area (Å²) in [6, 6.07) is 0.733. The molecule has 0 atom stereocenters. The van der Waals surface area contributed by atoms with E-state index >= 15 is 0 Å². The van der Waals surface area contributed by atoms with Crippen molar-refractivity contribution in [1.29, 1.82) is 0 Å². The van der Waals surface area contributed by atoms with E-state index in [2.05, 4.69) is 29.2 Å². The molecule has 1 aromatic heterocycles. The fraction of sp³-hybridized carbons (Fsp3) is 0.833. The van der Waals surface area contributed by atoms with E-state index in [1.54, 1.807) is 11.0 Å². The minimum atomic E-state index is 0.733. The van der Waals surface area contributed by atoms with Crippen molar-refractivity contribution >= 4 is 0 Å². The molecule has 1 aliphatic carbocycles. The minimum absolute atomic E-state index is 0.733. The lowest BCUT2D eigenvalue weighted by molar-refractivity contribution is 0.169. The number of nitrogens with one attached hydrogen (secondary N) is 1. The Morgan fingerprint density at radius 2 is 2.25 bits per heavy atom. The number of aryl methyl sites for hydroxylation is 1. The van der Waals surface area contributed by atoms with Gasteiger partial charge >= 0.3 is 0 Å². The highest BCUT2D eigenvalue weighted by atomic mass is 15.3. The maximum Gasteiger partial charge on any atom is 0.151 e. The lowest BCUT2D eigenvalue weighted by Gasteiger charge is -2.38. The van der Waals surface area contributed by atoms with Gasteiger partial charge in [0.1, 0.15) is 6.33 Å². The highest BCUT2D eigenvalue weighted by Crippen LogP contribution is 2.33. The highest BCUT2D eigenvalue weighted by molar-refractivity contribution is 4.88. The molecule has 0 aromatic carbocycles. The molecule has 0 amide bonds. The summed E-state index contributed by atoms with van der Waals surface area (Å²) in [5.41, 5.74) is 0. The van der Waals surface area contributed by atoms with Gasteiger partial charge in [-0.1, -0.05) is 13.8 Å². The molecule has 4 nitrogen and oxygen atoms in total. The van der Waals surface area contributed by atoms with Crippen molar-refractivity contribution in [3.8, 4) is 0 Å². The van der Waals surface area contributed by atoms with Crippen molar-refractivity contribution in [3.63, 3.8) is 0 Å². The van der Waals surface area contributed by atoms with Crippen LogP contribution in [0.15, 0.2) is 6.33 Å². The summed E-state index contributed by atoms with van der Waals surface area (Å²) in [5, 5.41) is 7.83. The molecule has 1 heterocycles. The van der Waals surface area contributed by atoms with Crippen LogP contribution in [0.3, 0.4) is 0 Å². The molecule has 1 saturated carbocycles. The third-order valence-corrected chi connectivity index (χ3v) is 3.55. The lowest BCUT2D eigenvalue weighted by atomic mass is 9.74. The maximum absolute atomic E-state index is 4.26. The van der Waals surface area contributed by atoms with Crippen LogP contribution < -0.4 is 5.32 Å². The van der Waals surface area contributed by atoms with Gasteiger partial charge in [0, 0.05) is 26.1 Å². The number of rotatable bonds is 5. The van der Waals surface area contributed by atoms with Crippen LogP contribution in [0.4, 0.5) is 0 Å². The highest BCUT2D eigenvalue weighted by Gasteiger charge is 2.30. The first-order chi connectivity index (χ1) is 7.65. The van der Waals surface area contributed by atoms with Gasteiger partial charge in [-0.25, -0.2) is 4.98 Å². The second kappa shape index (κ2) is 4.95. The smallest absolute Gasteiger partial charge is 0.151 e. The first kappa shape index (κ1) is 11.6. The van der Waals surface area contributed by atoms with Gasteiger partial charge in [0.2, 0.25) is 0 Å². The van der Waals surface area contributed by atoms with Crippen LogP contribution in [0.1, 0.15) is 32.5 Å². The number of hydrogen-bond donors (Lipinski definition) is 1. The van der Waals surface area contributed by atoms with E-state index in [0.717, 1.165) is 36.7 Å². The molecule has 0 unspecified atom stereocenters. The van der Waals surface area contributed by atoms with Crippen LogP contribution in [0.2, 0.25) is 0 Å². The maximum atomic E-state index is 4.26. The van der Waals surface area contributed by atoms with Crippen molar-refractivity contribution in [2.24, 2.45) is 18.9 Å². The number of nitrogens with zero attached hydrogens (tertiary/aromatic N) is 3. The largest absolute Gasteiger partial charge is 0.314 e. The van der Waals surface area contributed by atoms with Gasteiger partial charge in [-0.2, -0.15) is 5.10 Å². The molecule has 0 bridgehead atoms. The molecule has 1 N–H and O–H groups in total. The SMILES string of the molecule is CC(C)C1CC(NCCc2ncn(C)n2)C1. The Hall–Kier alpha value is -0.900. The van der Waals surface area contributed by atoms with Crippen LogP contribution in [0.25, 0.3) is 0 Å². The zero-order valence-corrected chi connectivity index (χ0v) is 10.5. The van der Waals surface area contributed by atoms with Gasteiger partial charge in [-0.15, -0.1) is 0 Å². The quantitative estimate of drug-likeness (QED) is 0.818. The van der Waals surface area contributed by atoms with Crippen molar-refractivity contribution in [2.45, 2.75) is 39.2 Å². The Morgan fingerprint density at radius 1 is 1.50 bits per heavy atom. The molecule has 1 aromatic rings. The lowest BCUT2D eigenvalue weighted by Crippen LogP contribution is -2.43. The van der Waals surface area contributed by atoms with Crippen LogP contribution >= 0.6 is 0 Å². The van der Waals surface area contributed by atoms with Crippen molar-refractivity contribution in [1.82, 2.24) is 20.1 Å². The third-order valence-electron chi connectivity index (χ3n) is 3.55. The standard InChI is InChI=1S/C12H22N4/c1-9(2)10-6-11(7-10)13-5-4-12-14-8-16(3)15-12/h8-11,13H,4-7H2,1-3H3. The average molecular weight is 222 g/mol. The van der Waals surface area contributed by atoms with Gasteiger partial charge in [0.25, 0.3) is 0 Å². The first-order valence-electron chi connectivity index (χ1n) is 6.23. The summed E-state index contributed by atoms with van der Waals surface area (Å²) < 4.78 is 1.76. The van der Waals surface area contributed by atoms with E-state index in [9.17, 15) is 0 Å². The molecule has 1 aliphatic rings. The van der Waals surface area contributed by atoms with Crippen molar-refractivity contribution in [2.75, 3.05) is 6.54 Å². The molecule has 0 radical (unpaired) electrons. The van der Waals surface area contributed by atoms with Crippen LogP contribution in [0.5, 0.6) is 0 Å². The summed E-state index contributed by atoms with van der Waals surface area (Å²) in [7, 11) is 1.91. The van der Waals surface area contributed by atoms with Gasteiger partial charge in [0.15, 0.2) is 5.82 Å². The second-order valence-electron chi connectivity index (χ2n) is 5.21. The van der Waals surface area contributed by atoms with E-state index in [1.165, 1.54) is 12.8 Å². The molecular weight excluding hydrogens is 200 g/mol. The summed E-state index contributed by atoms with van der Waals surface area (Å²) in [6.07, 6.45) is 5.37. The van der Waals surface area contributed by atoms with Crippen molar-refractivity contribution in [3.05, 3.63) is 12.2 Å². The van der Waals surface area contributed by atoms with Gasteiger partial charge in [-0.3, -0.25) is 4.68 Å². The Bertz CT molecular complexity index is 326. The predicted octanol–water partition coefficient (Wildman–Crippen LogP) is 1.38. The first-order valence-corrected chi connectivity index (χ1v) is 6.23. The molecule has 0 saturated heterocycles. The molecule has 16 heavy (non-hydrogen) atoms.